The number of rotatable bonds is 1. The Morgan fingerprint density at radius 3 is 2.71 bits per heavy atom. The Hall–Kier alpha value is -2.56. The zero-order valence-electron chi connectivity index (χ0n) is 11.5. The first kappa shape index (κ1) is 12.2. The molecule has 106 valence electrons. The Morgan fingerprint density at radius 2 is 1.90 bits per heavy atom. The highest BCUT2D eigenvalue weighted by atomic mass is 16.2. The second-order valence-corrected chi connectivity index (χ2v) is 5.45. The number of benzene rings is 1. The van der Waals surface area contributed by atoms with E-state index in [-0.39, 0.29) is 11.5 Å². The molecule has 4 rings (SSSR count). The molecular weight excluding hydrogens is 266 g/mol. The van der Waals surface area contributed by atoms with Crippen LogP contribution in [0.2, 0.25) is 0 Å². The topological polar surface area (TPSA) is 57.6 Å². The molecule has 0 radical (unpaired) electrons. The van der Waals surface area contributed by atoms with Gasteiger partial charge in [0.1, 0.15) is 5.65 Å². The summed E-state index contributed by atoms with van der Waals surface area (Å²) < 4.78 is 1.88. The van der Waals surface area contributed by atoms with E-state index in [1.807, 2.05) is 33.7 Å². The quantitative estimate of drug-likeness (QED) is 0.742. The molecule has 5 nitrogen and oxygen atoms in total. The molecule has 0 aliphatic carbocycles. The van der Waals surface area contributed by atoms with E-state index in [4.69, 9.17) is 0 Å². The van der Waals surface area contributed by atoms with Gasteiger partial charge in [-0.15, -0.1) is 0 Å². The molecule has 5 heteroatoms. The monoisotopic (exact) mass is 281 g/mol. The van der Waals surface area contributed by atoms with Crippen molar-refractivity contribution >= 4 is 22.5 Å². The number of nitrogens with zero attached hydrogens (tertiary/aromatic N) is 2. The molecule has 1 aromatic carbocycles. The van der Waals surface area contributed by atoms with E-state index in [0.29, 0.717) is 16.6 Å². The van der Waals surface area contributed by atoms with Crippen molar-refractivity contribution < 1.29 is 4.79 Å². The third-order valence-corrected chi connectivity index (χ3v) is 4.11. The van der Waals surface area contributed by atoms with Crippen molar-refractivity contribution in [1.82, 2.24) is 14.3 Å². The minimum Gasteiger partial charge on any atom is -0.339 e. The lowest BCUT2D eigenvalue weighted by Gasteiger charge is -2.13. The van der Waals surface area contributed by atoms with E-state index >= 15 is 0 Å². The Morgan fingerprint density at radius 1 is 1.14 bits per heavy atom. The number of para-hydroxylation sites is 1. The van der Waals surface area contributed by atoms with Crippen molar-refractivity contribution in [2.24, 2.45) is 0 Å². The summed E-state index contributed by atoms with van der Waals surface area (Å²) in [5.41, 5.74) is 1.97. The highest BCUT2D eigenvalue weighted by molar-refractivity contribution is 5.96. The SMILES string of the molecule is O=C(c1cc2[nH]c(=O)c3ccccc3n2c1)N1CCCC1. The van der Waals surface area contributed by atoms with Crippen molar-refractivity contribution in [3.8, 4) is 0 Å². The maximum Gasteiger partial charge on any atom is 0.258 e. The van der Waals surface area contributed by atoms with Crippen molar-refractivity contribution in [3.63, 3.8) is 0 Å². The van der Waals surface area contributed by atoms with Crippen LogP contribution < -0.4 is 5.56 Å². The average Bonchev–Trinajstić information content (AvgIpc) is 3.16. The number of carbonyl (C=O) groups excluding carboxylic acids is 1. The number of hydrogen-bond acceptors (Lipinski definition) is 2. The summed E-state index contributed by atoms with van der Waals surface area (Å²) in [6.45, 7) is 1.64. The van der Waals surface area contributed by atoms with E-state index in [0.717, 1.165) is 31.4 Å². The van der Waals surface area contributed by atoms with E-state index in [9.17, 15) is 9.59 Å². The number of carbonyl (C=O) groups is 1. The van der Waals surface area contributed by atoms with Gasteiger partial charge < -0.3 is 14.3 Å². The summed E-state index contributed by atoms with van der Waals surface area (Å²) in [7, 11) is 0. The fraction of sp³-hybridized carbons (Fsp3) is 0.250. The average molecular weight is 281 g/mol. The number of aromatic amines is 1. The highest BCUT2D eigenvalue weighted by Gasteiger charge is 2.21. The van der Waals surface area contributed by atoms with Crippen LogP contribution in [-0.2, 0) is 0 Å². The molecular formula is C16H15N3O2. The molecule has 0 unspecified atom stereocenters. The molecule has 1 N–H and O–H groups in total. The number of H-pyrrole nitrogens is 1. The zero-order chi connectivity index (χ0) is 14.4. The summed E-state index contributed by atoms with van der Waals surface area (Å²) in [4.78, 5) is 29.2. The number of likely N-dealkylation sites (tertiary alicyclic amines) is 1. The molecule has 3 aromatic rings. The molecule has 0 bridgehead atoms. The predicted molar refractivity (Wildman–Crippen MR) is 80.7 cm³/mol. The van der Waals surface area contributed by atoms with Gasteiger partial charge in [-0.2, -0.15) is 0 Å². The molecule has 0 atom stereocenters. The van der Waals surface area contributed by atoms with Gasteiger partial charge in [-0.1, -0.05) is 12.1 Å². The smallest absolute Gasteiger partial charge is 0.258 e. The van der Waals surface area contributed by atoms with Gasteiger partial charge in [0.15, 0.2) is 0 Å². The minimum atomic E-state index is -0.128. The van der Waals surface area contributed by atoms with Crippen LogP contribution in [0.3, 0.4) is 0 Å². The molecule has 3 heterocycles. The van der Waals surface area contributed by atoms with E-state index in [2.05, 4.69) is 4.98 Å². The van der Waals surface area contributed by atoms with Crippen LogP contribution >= 0.6 is 0 Å². The van der Waals surface area contributed by atoms with Gasteiger partial charge >= 0.3 is 0 Å². The fourth-order valence-electron chi connectivity index (χ4n) is 3.04. The Kier molecular flexibility index (Phi) is 2.60. The molecule has 2 aromatic heterocycles. The molecule has 1 aliphatic rings. The largest absolute Gasteiger partial charge is 0.339 e. The molecule has 1 saturated heterocycles. The standard InChI is InChI=1S/C16H15N3O2/c20-15-12-5-1-2-6-13(12)19-10-11(9-14(19)17-15)16(21)18-7-3-4-8-18/h1-2,5-6,9-10H,3-4,7-8H2,(H,17,20). The molecule has 1 amide bonds. The first-order chi connectivity index (χ1) is 10.2. The van der Waals surface area contributed by atoms with Crippen molar-refractivity contribution in [3.05, 3.63) is 52.4 Å². The first-order valence-electron chi connectivity index (χ1n) is 7.16. The van der Waals surface area contributed by atoms with Crippen molar-refractivity contribution in [2.75, 3.05) is 13.1 Å². The molecule has 0 saturated carbocycles. The van der Waals surface area contributed by atoms with Crippen LogP contribution in [-0.4, -0.2) is 33.3 Å². The van der Waals surface area contributed by atoms with Crippen LogP contribution in [0.4, 0.5) is 0 Å². The van der Waals surface area contributed by atoms with Gasteiger partial charge in [0.25, 0.3) is 11.5 Å². The Balaban J connectivity index is 1.91. The number of nitrogens with one attached hydrogen (secondary N) is 1. The third kappa shape index (κ3) is 1.85. The minimum absolute atomic E-state index is 0.0427. The lowest BCUT2D eigenvalue weighted by molar-refractivity contribution is 0.0793. The van der Waals surface area contributed by atoms with Crippen LogP contribution in [0.15, 0.2) is 41.3 Å². The van der Waals surface area contributed by atoms with Gasteiger partial charge in [0.2, 0.25) is 0 Å². The number of amides is 1. The molecule has 21 heavy (non-hydrogen) atoms. The maximum absolute atomic E-state index is 12.5. The normalized spacial score (nSPS) is 15.1. The Bertz CT molecular complexity index is 901. The first-order valence-corrected chi connectivity index (χ1v) is 7.16. The molecule has 1 aliphatic heterocycles. The van der Waals surface area contributed by atoms with Crippen molar-refractivity contribution in [2.45, 2.75) is 12.8 Å². The summed E-state index contributed by atoms with van der Waals surface area (Å²) in [5.74, 6) is 0.0427. The summed E-state index contributed by atoms with van der Waals surface area (Å²) in [5, 5.41) is 0.626. The summed E-state index contributed by atoms with van der Waals surface area (Å²) in [6, 6.07) is 9.16. The second kappa shape index (κ2) is 4.48. The highest BCUT2D eigenvalue weighted by Crippen LogP contribution is 2.18. The maximum atomic E-state index is 12.5. The van der Waals surface area contributed by atoms with Gasteiger partial charge in [-0.25, -0.2) is 0 Å². The van der Waals surface area contributed by atoms with E-state index in [1.165, 1.54) is 0 Å². The fourth-order valence-corrected chi connectivity index (χ4v) is 3.04. The van der Waals surface area contributed by atoms with Gasteiger partial charge in [0, 0.05) is 19.3 Å². The van der Waals surface area contributed by atoms with Gasteiger partial charge in [0.05, 0.1) is 16.5 Å². The number of aromatic nitrogens is 2. The third-order valence-electron chi connectivity index (χ3n) is 4.11. The summed E-state index contributed by atoms with van der Waals surface area (Å²) >= 11 is 0. The number of hydrogen-bond donors (Lipinski definition) is 1. The van der Waals surface area contributed by atoms with Crippen LogP contribution in [0.5, 0.6) is 0 Å². The Labute approximate surface area is 120 Å². The van der Waals surface area contributed by atoms with E-state index < -0.39 is 0 Å². The lowest BCUT2D eigenvalue weighted by atomic mass is 10.2. The second-order valence-electron chi connectivity index (χ2n) is 5.45. The van der Waals surface area contributed by atoms with Crippen molar-refractivity contribution in [1.29, 1.82) is 0 Å². The van der Waals surface area contributed by atoms with Gasteiger partial charge in [-0.05, 0) is 31.0 Å². The van der Waals surface area contributed by atoms with E-state index in [1.54, 1.807) is 12.1 Å². The molecule has 0 spiro atoms. The lowest BCUT2D eigenvalue weighted by Crippen LogP contribution is -2.27. The van der Waals surface area contributed by atoms with Crippen LogP contribution in [0, 0.1) is 0 Å². The number of fused-ring (bicyclic) bond motifs is 3. The molecule has 1 fully saturated rings. The summed E-state index contributed by atoms with van der Waals surface area (Å²) in [6.07, 6.45) is 3.95. The zero-order valence-corrected chi connectivity index (χ0v) is 11.5. The van der Waals surface area contributed by atoms with Gasteiger partial charge in [-0.3, -0.25) is 9.59 Å². The van der Waals surface area contributed by atoms with Crippen LogP contribution in [0.1, 0.15) is 23.2 Å². The predicted octanol–water partition coefficient (Wildman–Crippen LogP) is 2.02. The van der Waals surface area contributed by atoms with Crippen LogP contribution in [0.25, 0.3) is 16.6 Å².